The van der Waals surface area contributed by atoms with Crippen molar-refractivity contribution in [3.05, 3.63) is 12.2 Å². The molecule has 0 spiro atoms. The molecule has 1 fully saturated rings. The fraction of sp³-hybridized carbons (Fsp3) is 0.846. The number of nitrogens with two attached hydrogens (primary N) is 1. The number of ether oxygens (including phenoxy) is 1. The van der Waals surface area contributed by atoms with Gasteiger partial charge in [-0.15, -0.1) is 0 Å². The zero-order valence-corrected chi connectivity index (χ0v) is 11.4. The minimum Gasteiger partial charge on any atom is -0.373 e. The van der Waals surface area contributed by atoms with Gasteiger partial charge in [0.25, 0.3) is 0 Å². The molecule has 0 amide bonds. The van der Waals surface area contributed by atoms with Gasteiger partial charge >= 0.3 is 0 Å². The second kappa shape index (κ2) is 6.29. The maximum Gasteiger partial charge on any atom is 0.153 e. The van der Waals surface area contributed by atoms with Gasteiger partial charge in [-0.3, -0.25) is 0 Å². The molecule has 2 atom stereocenters. The van der Waals surface area contributed by atoms with E-state index in [0.717, 1.165) is 19.0 Å². The van der Waals surface area contributed by atoms with Gasteiger partial charge in [0.15, 0.2) is 5.82 Å². The summed E-state index contributed by atoms with van der Waals surface area (Å²) >= 11 is 0. The van der Waals surface area contributed by atoms with E-state index in [4.69, 9.17) is 10.5 Å². The van der Waals surface area contributed by atoms with Crippen molar-refractivity contribution >= 4 is 0 Å². The van der Waals surface area contributed by atoms with Crippen LogP contribution in [0.5, 0.6) is 0 Å². The van der Waals surface area contributed by atoms with Crippen LogP contribution in [-0.4, -0.2) is 27.9 Å². The van der Waals surface area contributed by atoms with E-state index < -0.39 is 0 Å². The van der Waals surface area contributed by atoms with Gasteiger partial charge in [0.2, 0.25) is 0 Å². The van der Waals surface area contributed by atoms with E-state index in [1.165, 1.54) is 19.3 Å². The monoisotopic (exact) mass is 252 g/mol. The van der Waals surface area contributed by atoms with Crippen LogP contribution in [0.3, 0.4) is 0 Å². The normalized spacial score (nSPS) is 24.0. The molecule has 1 saturated carbocycles. The Bertz CT molecular complexity index is 364. The fourth-order valence-electron chi connectivity index (χ4n) is 2.75. The molecule has 0 radical (unpaired) electrons. The second-order valence-electron chi connectivity index (χ2n) is 5.42. The van der Waals surface area contributed by atoms with Crippen LogP contribution in [-0.2, 0) is 11.3 Å². The minimum atomic E-state index is 0.328. The lowest BCUT2D eigenvalue weighted by molar-refractivity contribution is 0.0684. The summed E-state index contributed by atoms with van der Waals surface area (Å²) in [6.45, 7) is 6.33. The standard InChI is InChI=1S/C13H24N4O/c1-10(2)17-13(15-9-16-17)8-18-7-12-5-3-4-11(12)6-14/h9-12H,3-8,14H2,1-2H3. The van der Waals surface area contributed by atoms with Crippen LogP contribution in [0.25, 0.3) is 0 Å². The molecule has 1 aliphatic rings. The van der Waals surface area contributed by atoms with Crippen LogP contribution >= 0.6 is 0 Å². The average Bonchev–Trinajstić information content (AvgIpc) is 2.97. The summed E-state index contributed by atoms with van der Waals surface area (Å²) in [7, 11) is 0. The highest BCUT2D eigenvalue weighted by atomic mass is 16.5. The third-order valence-corrected chi connectivity index (χ3v) is 3.82. The molecule has 0 bridgehead atoms. The molecular formula is C13H24N4O. The van der Waals surface area contributed by atoms with E-state index in [0.29, 0.717) is 24.5 Å². The maximum atomic E-state index is 5.81. The summed E-state index contributed by atoms with van der Waals surface area (Å²) in [6.07, 6.45) is 5.39. The summed E-state index contributed by atoms with van der Waals surface area (Å²) in [5, 5.41) is 4.20. The zero-order chi connectivity index (χ0) is 13.0. The van der Waals surface area contributed by atoms with Crippen molar-refractivity contribution in [2.75, 3.05) is 13.2 Å². The van der Waals surface area contributed by atoms with Gasteiger partial charge in [0, 0.05) is 6.04 Å². The maximum absolute atomic E-state index is 5.81. The molecule has 0 aromatic carbocycles. The van der Waals surface area contributed by atoms with Crippen LogP contribution < -0.4 is 5.73 Å². The molecule has 5 heteroatoms. The SMILES string of the molecule is CC(C)n1ncnc1COCC1CCCC1CN. The predicted octanol–water partition coefficient (Wildman–Crippen LogP) is 1.75. The Morgan fingerprint density at radius 3 is 2.94 bits per heavy atom. The lowest BCUT2D eigenvalue weighted by Gasteiger charge is -2.18. The molecular weight excluding hydrogens is 228 g/mol. The highest BCUT2D eigenvalue weighted by molar-refractivity contribution is 4.84. The molecule has 0 saturated heterocycles. The lowest BCUT2D eigenvalue weighted by atomic mass is 9.97. The number of hydrogen-bond acceptors (Lipinski definition) is 4. The smallest absolute Gasteiger partial charge is 0.153 e. The Morgan fingerprint density at radius 2 is 2.22 bits per heavy atom. The highest BCUT2D eigenvalue weighted by Gasteiger charge is 2.26. The van der Waals surface area contributed by atoms with Crippen molar-refractivity contribution in [1.29, 1.82) is 0 Å². The Balaban J connectivity index is 1.79. The lowest BCUT2D eigenvalue weighted by Crippen LogP contribution is -2.22. The summed E-state index contributed by atoms with van der Waals surface area (Å²) in [5.41, 5.74) is 5.77. The molecule has 2 N–H and O–H groups in total. The first-order chi connectivity index (χ1) is 8.72. The quantitative estimate of drug-likeness (QED) is 0.837. The molecule has 1 aromatic heterocycles. The Labute approximate surface area is 109 Å². The number of nitrogens with zero attached hydrogens (tertiary/aromatic N) is 3. The topological polar surface area (TPSA) is 66.0 Å². The van der Waals surface area contributed by atoms with Gasteiger partial charge in [-0.2, -0.15) is 5.10 Å². The average molecular weight is 252 g/mol. The molecule has 5 nitrogen and oxygen atoms in total. The number of aromatic nitrogens is 3. The molecule has 0 aliphatic heterocycles. The van der Waals surface area contributed by atoms with E-state index in [-0.39, 0.29) is 0 Å². The van der Waals surface area contributed by atoms with Gasteiger partial charge in [-0.25, -0.2) is 9.67 Å². The number of rotatable bonds is 6. The largest absolute Gasteiger partial charge is 0.373 e. The predicted molar refractivity (Wildman–Crippen MR) is 69.9 cm³/mol. The summed E-state index contributed by atoms with van der Waals surface area (Å²) in [4.78, 5) is 4.24. The fourth-order valence-corrected chi connectivity index (χ4v) is 2.75. The van der Waals surface area contributed by atoms with E-state index in [1.54, 1.807) is 6.33 Å². The molecule has 2 rings (SSSR count). The molecule has 1 aromatic rings. The first kappa shape index (κ1) is 13.5. The van der Waals surface area contributed by atoms with Crippen molar-refractivity contribution in [2.45, 2.75) is 45.8 Å². The minimum absolute atomic E-state index is 0.328. The molecule has 102 valence electrons. The third-order valence-electron chi connectivity index (χ3n) is 3.82. The van der Waals surface area contributed by atoms with Gasteiger partial charge in [-0.05, 0) is 45.1 Å². The van der Waals surface area contributed by atoms with E-state index in [9.17, 15) is 0 Å². The Kier molecular flexibility index (Phi) is 4.72. The van der Waals surface area contributed by atoms with Gasteiger partial charge in [0.1, 0.15) is 12.9 Å². The summed E-state index contributed by atoms with van der Waals surface area (Å²) < 4.78 is 7.72. The van der Waals surface area contributed by atoms with Gasteiger partial charge < -0.3 is 10.5 Å². The van der Waals surface area contributed by atoms with Crippen molar-refractivity contribution in [3.63, 3.8) is 0 Å². The Hall–Kier alpha value is -0.940. The van der Waals surface area contributed by atoms with Crippen molar-refractivity contribution in [1.82, 2.24) is 14.8 Å². The molecule has 1 aliphatic carbocycles. The third kappa shape index (κ3) is 3.09. The second-order valence-corrected chi connectivity index (χ2v) is 5.42. The van der Waals surface area contributed by atoms with Crippen LogP contribution in [0.15, 0.2) is 6.33 Å². The van der Waals surface area contributed by atoms with Crippen LogP contribution in [0.2, 0.25) is 0 Å². The number of hydrogen-bond donors (Lipinski definition) is 1. The summed E-state index contributed by atoms with van der Waals surface area (Å²) in [5.74, 6) is 2.19. The van der Waals surface area contributed by atoms with E-state index in [1.807, 2.05) is 4.68 Å². The Morgan fingerprint density at radius 1 is 1.44 bits per heavy atom. The van der Waals surface area contributed by atoms with Crippen LogP contribution in [0.4, 0.5) is 0 Å². The van der Waals surface area contributed by atoms with Crippen molar-refractivity contribution in [3.8, 4) is 0 Å². The highest BCUT2D eigenvalue weighted by Crippen LogP contribution is 2.31. The molecule has 1 heterocycles. The van der Waals surface area contributed by atoms with E-state index >= 15 is 0 Å². The van der Waals surface area contributed by atoms with E-state index in [2.05, 4.69) is 23.9 Å². The molecule has 18 heavy (non-hydrogen) atoms. The molecule has 2 unspecified atom stereocenters. The first-order valence-corrected chi connectivity index (χ1v) is 6.88. The van der Waals surface area contributed by atoms with Crippen LogP contribution in [0.1, 0.15) is 45.0 Å². The van der Waals surface area contributed by atoms with Gasteiger partial charge in [-0.1, -0.05) is 6.42 Å². The van der Waals surface area contributed by atoms with Crippen LogP contribution in [0, 0.1) is 11.8 Å². The summed E-state index contributed by atoms with van der Waals surface area (Å²) in [6, 6.07) is 0.328. The zero-order valence-electron chi connectivity index (χ0n) is 11.4. The van der Waals surface area contributed by atoms with Crippen molar-refractivity contribution in [2.24, 2.45) is 17.6 Å². The first-order valence-electron chi connectivity index (χ1n) is 6.88. The van der Waals surface area contributed by atoms with Crippen molar-refractivity contribution < 1.29 is 4.74 Å². The van der Waals surface area contributed by atoms with Gasteiger partial charge in [0.05, 0.1) is 6.61 Å².